The van der Waals surface area contributed by atoms with E-state index >= 15 is 0 Å². The quantitative estimate of drug-likeness (QED) is 0.831. The van der Waals surface area contributed by atoms with E-state index in [0.29, 0.717) is 27.2 Å². The molecule has 2 rings (SSSR count). The topological polar surface area (TPSA) is 54.9 Å². The Balaban J connectivity index is 2.73. The van der Waals surface area contributed by atoms with Crippen LogP contribution in [0.1, 0.15) is 18.9 Å². The van der Waals surface area contributed by atoms with Gasteiger partial charge in [-0.2, -0.15) is 0 Å². The van der Waals surface area contributed by atoms with Gasteiger partial charge in [-0.3, -0.25) is 9.78 Å². The molecule has 0 atom stereocenters. The second-order valence-corrected chi connectivity index (χ2v) is 5.85. The van der Waals surface area contributed by atoms with Crippen molar-refractivity contribution in [2.75, 3.05) is 0 Å². The zero-order chi connectivity index (χ0) is 14.9. The molecule has 0 unspecified atom stereocenters. The van der Waals surface area contributed by atoms with Crippen molar-refractivity contribution in [1.82, 2.24) is 9.55 Å². The summed E-state index contributed by atoms with van der Waals surface area (Å²) in [5, 5.41) is 0.516. The van der Waals surface area contributed by atoms with Gasteiger partial charge in [-0.05, 0) is 40.5 Å². The first-order chi connectivity index (χ1) is 9.45. The standard InChI is InChI=1S/C13H11BrCl2N2O2/c1-2-3-8-11(16)17-13(20)18(12(8)19)7-4-5-9(14)10(15)6-7/h4-6H,2-3H2,1H3,(H,17,20). The molecule has 0 radical (unpaired) electrons. The largest absolute Gasteiger partial charge is 0.334 e. The van der Waals surface area contributed by atoms with Crippen LogP contribution in [0.2, 0.25) is 10.2 Å². The minimum absolute atomic E-state index is 0.0984. The Bertz CT molecular complexity index is 768. The molecule has 20 heavy (non-hydrogen) atoms. The van der Waals surface area contributed by atoms with E-state index < -0.39 is 11.2 Å². The van der Waals surface area contributed by atoms with Crippen molar-refractivity contribution in [3.8, 4) is 5.69 Å². The maximum atomic E-state index is 12.4. The SMILES string of the molecule is CCCc1c(Cl)[nH]c(=O)n(-c2ccc(Br)c(Cl)c2)c1=O. The summed E-state index contributed by atoms with van der Waals surface area (Å²) in [6.45, 7) is 1.93. The predicted molar refractivity (Wildman–Crippen MR) is 84.4 cm³/mol. The molecule has 4 nitrogen and oxygen atoms in total. The summed E-state index contributed by atoms with van der Waals surface area (Å²) in [4.78, 5) is 26.9. The zero-order valence-corrected chi connectivity index (χ0v) is 13.6. The number of hydrogen-bond acceptors (Lipinski definition) is 2. The molecule has 1 heterocycles. The number of nitrogens with one attached hydrogen (secondary N) is 1. The van der Waals surface area contributed by atoms with Crippen LogP contribution < -0.4 is 11.2 Å². The second kappa shape index (κ2) is 6.16. The average molecular weight is 378 g/mol. The first-order valence-electron chi connectivity index (χ1n) is 5.94. The average Bonchev–Trinajstić information content (AvgIpc) is 2.38. The van der Waals surface area contributed by atoms with Crippen LogP contribution in [0, 0.1) is 0 Å². The number of H-pyrrole nitrogens is 1. The molecule has 0 aliphatic carbocycles. The lowest BCUT2D eigenvalue weighted by molar-refractivity contribution is 0.811. The van der Waals surface area contributed by atoms with Crippen LogP contribution in [0.25, 0.3) is 5.69 Å². The number of aromatic nitrogens is 2. The fourth-order valence-corrected chi connectivity index (χ4v) is 2.55. The molecule has 0 amide bonds. The highest BCUT2D eigenvalue weighted by atomic mass is 79.9. The minimum atomic E-state index is -0.585. The van der Waals surface area contributed by atoms with E-state index in [-0.39, 0.29) is 5.15 Å². The van der Waals surface area contributed by atoms with Crippen molar-refractivity contribution in [2.45, 2.75) is 19.8 Å². The van der Waals surface area contributed by atoms with Gasteiger partial charge in [-0.15, -0.1) is 0 Å². The molecular weight excluding hydrogens is 367 g/mol. The number of benzene rings is 1. The van der Waals surface area contributed by atoms with E-state index in [1.54, 1.807) is 18.2 Å². The van der Waals surface area contributed by atoms with E-state index in [2.05, 4.69) is 20.9 Å². The molecule has 0 spiro atoms. The van der Waals surface area contributed by atoms with Gasteiger partial charge in [-0.1, -0.05) is 36.5 Å². The lowest BCUT2D eigenvalue weighted by Crippen LogP contribution is -2.36. The first-order valence-corrected chi connectivity index (χ1v) is 7.49. The molecule has 0 saturated carbocycles. The Labute approximate surface area is 133 Å². The number of rotatable bonds is 3. The van der Waals surface area contributed by atoms with Gasteiger partial charge in [0.1, 0.15) is 5.15 Å². The summed E-state index contributed by atoms with van der Waals surface area (Å²) >= 11 is 15.2. The smallest absolute Gasteiger partial charge is 0.297 e. The van der Waals surface area contributed by atoms with E-state index in [4.69, 9.17) is 23.2 Å². The summed E-state index contributed by atoms with van der Waals surface area (Å²) in [5.74, 6) is 0. The third-order valence-corrected chi connectivity index (χ3v) is 4.36. The molecule has 0 aliphatic rings. The number of hydrogen-bond donors (Lipinski definition) is 1. The molecule has 1 N–H and O–H groups in total. The van der Waals surface area contributed by atoms with Crippen LogP contribution in [-0.2, 0) is 6.42 Å². The Morgan fingerprint density at radius 3 is 2.60 bits per heavy atom. The second-order valence-electron chi connectivity index (χ2n) is 4.21. The predicted octanol–water partition coefficient (Wildman–Crippen LogP) is 3.55. The van der Waals surface area contributed by atoms with Crippen LogP contribution >= 0.6 is 39.1 Å². The first kappa shape index (κ1) is 15.4. The van der Waals surface area contributed by atoms with Crippen LogP contribution in [0.15, 0.2) is 32.3 Å². The molecular formula is C13H11BrCl2N2O2. The van der Waals surface area contributed by atoms with Gasteiger partial charge in [0.2, 0.25) is 0 Å². The van der Waals surface area contributed by atoms with Gasteiger partial charge in [0.05, 0.1) is 16.3 Å². The van der Waals surface area contributed by atoms with Crippen LogP contribution in [0.3, 0.4) is 0 Å². The normalized spacial score (nSPS) is 10.8. The zero-order valence-electron chi connectivity index (χ0n) is 10.5. The highest BCUT2D eigenvalue weighted by Crippen LogP contribution is 2.24. The van der Waals surface area contributed by atoms with Crippen molar-refractivity contribution in [2.24, 2.45) is 0 Å². The Morgan fingerprint density at radius 1 is 1.30 bits per heavy atom. The van der Waals surface area contributed by atoms with Gasteiger partial charge in [0.25, 0.3) is 5.56 Å². The fraction of sp³-hybridized carbons (Fsp3) is 0.231. The molecule has 7 heteroatoms. The minimum Gasteiger partial charge on any atom is -0.297 e. The van der Waals surface area contributed by atoms with E-state index in [9.17, 15) is 9.59 Å². The number of nitrogens with zero attached hydrogens (tertiary/aromatic N) is 1. The van der Waals surface area contributed by atoms with Gasteiger partial charge in [0.15, 0.2) is 0 Å². The Kier molecular flexibility index (Phi) is 4.73. The van der Waals surface area contributed by atoms with Gasteiger partial charge in [-0.25, -0.2) is 9.36 Å². The van der Waals surface area contributed by atoms with E-state index in [1.807, 2.05) is 6.92 Å². The molecule has 106 valence electrons. The van der Waals surface area contributed by atoms with Crippen LogP contribution in [0.5, 0.6) is 0 Å². The van der Waals surface area contributed by atoms with E-state index in [1.165, 1.54) is 0 Å². The third kappa shape index (κ3) is 2.85. The maximum absolute atomic E-state index is 12.4. The van der Waals surface area contributed by atoms with Crippen molar-refractivity contribution in [1.29, 1.82) is 0 Å². The van der Waals surface area contributed by atoms with E-state index in [0.717, 1.165) is 11.0 Å². The fourth-order valence-electron chi connectivity index (χ4n) is 1.87. The molecule has 0 fully saturated rings. The highest BCUT2D eigenvalue weighted by molar-refractivity contribution is 9.10. The van der Waals surface area contributed by atoms with Crippen LogP contribution in [-0.4, -0.2) is 9.55 Å². The Hall–Kier alpha value is -1.04. The molecule has 1 aromatic heterocycles. The summed E-state index contributed by atoms with van der Waals surface area (Å²) < 4.78 is 1.73. The third-order valence-electron chi connectivity index (χ3n) is 2.81. The Morgan fingerprint density at radius 2 is 2.00 bits per heavy atom. The molecule has 0 aliphatic heterocycles. The van der Waals surface area contributed by atoms with Crippen LogP contribution in [0.4, 0.5) is 0 Å². The van der Waals surface area contributed by atoms with Gasteiger partial charge < -0.3 is 0 Å². The number of halogens is 3. The summed E-state index contributed by atoms with van der Waals surface area (Å²) in [7, 11) is 0. The monoisotopic (exact) mass is 376 g/mol. The summed E-state index contributed by atoms with van der Waals surface area (Å²) in [6, 6.07) is 4.86. The van der Waals surface area contributed by atoms with Gasteiger partial charge >= 0.3 is 5.69 Å². The molecule has 0 saturated heterocycles. The lowest BCUT2D eigenvalue weighted by atomic mass is 10.2. The van der Waals surface area contributed by atoms with Crippen molar-refractivity contribution in [3.05, 3.63) is 59.2 Å². The summed E-state index contributed by atoms with van der Waals surface area (Å²) in [5.41, 5.74) is -0.205. The maximum Gasteiger partial charge on any atom is 0.334 e. The summed E-state index contributed by atoms with van der Waals surface area (Å²) in [6.07, 6.45) is 1.25. The van der Waals surface area contributed by atoms with Crippen molar-refractivity contribution < 1.29 is 0 Å². The highest BCUT2D eigenvalue weighted by Gasteiger charge is 2.14. The molecule has 1 aromatic carbocycles. The lowest BCUT2D eigenvalue weighted by Gasteiger charge is -2.09. The molecule has 2 aromatic rings. The van der Waals surface area contributed by atoms with Crippen molar-refractivity contribution >= 4 is 39.1 Å². The molecule has 0 bridgehead atoms. The number of aromatic amines is 1. The van der Waals surface area contributed by atoms with Crippen molar-refractivity contribution in [3.63, 3.8) is 0 Å². The van der Waals surface area contributed by atoms with Gasteiger partial charge in [0, 0.05) is 4.47 Å².